The Hall–Kier alpha value is -2.13. The van der Waals surface area contributed by atoms with Crippen molar-refractivity contribution in [1.29, 1.82) is 5.26 Å². The molecule has 0 aromatic heterocycles. The van der Waals surface area contributed by atoms with E-state index in [9.17, 15) is 10.1 Å². The number of nitrogens with zero attached hydrogens (tertiary/aromatic N) is 4. The summed E-state index contributed by atoms with van der Waals surface area (Å²) in [5.41, 5.74) is 0.948. The van der Waals surface area contributed by atoms with Crippen LogP contribution in [0, 0.1) is 21.4 Å². The number of fused-ring (bicyclic) bond motifs is 1. The second-order valence-electron chi connectivity index (χ2n) is 5.70. The number of anilines is 1. The first-order valence-electron chi connectivity index (χ1n) is 7.36. The summed E-state index contributed by atoms with van der Waals surface area (Å²) in [6.07, 6.45) is 3.78. The van der Waals surface area contributed by atoms with Gasteiger partial charge in [-0.25, -0.2) is 0 Å². The van der Waals surface area contributed by atoms with Gasteiger partial charge < -0.3 is 4.90 Å². The molecule has 0 spiro atoms. The fourth-order valence-electron chi connectivity index (χ4n) is 3.36. The third-order valence-electron chi connectivity index (χ3n) is 4.50. The van der Waals surface area contributed by atoms with Crippen LogP contribution in [0.4, 0.5) is 11.4 Å². The zero-order valence-electron chi connectivity index (χ0n) is 11.9. The summed E-state index contributed by atoms with van der Waals surface area (Å²) in [5, 5.41) is 20.0. The van der Waals surface area contributed by atoms with Gasteiger partial charge in [-0.2, -0.15) is 5.26 Å². The number of piperidine rings is 1. The lowest BCUT2D eigenvalue weighted by Crippen LogP contribution is -2.54. The van der Waals surface area contributed by atoms with E-state index in [1.165, 1.54) is 31.9 Å². The zero-order chi connectivity index (χ0) is 14.8. The van der Waals surface area contributed by atoms with E-state index in [2.05, 4.69) is 9.80 Å². The molecule has 6 heteroatoms. The largest absolute Gasteiger partial charge is 0.369 e. The van der Waals surface area contributed by atoms with E-state index < -0.39 is 4.92 Å². The minimum atomic E-state index is -0.499. The van der Waals surface area contributed by atoms with Gasteiger partial charge in [-0.05, 0) is 31.5 Å². The lowest BCUT2D eigenvalue weighted by atomic mass is 9.99. The third-order valence-corrected chi connectivity index (χ3v) is 4.50. The van der Waals surface area contributed by atoms with Crippen molar-refractivity contribution < 1.29 is 4.92 Å². The van der Waals surface area contributed by atoms with E-state index in [0.29, 0.717) is 6.04 Å². The lowest BCUT2D eigenvalue weighted by molar-refractivity contribution is -0.385. The summed E-state index contributed by atoms with van der Waals surface area (Å²) in [6, 6.07) is 7.37. The fourth-order valence-corrected chi connectivity index (χ4v) is 3.36. The average Bonchev–Trinajstić information content (AvgIpc) is 2.53. The summed E-state index contributed by atoms with van der Waals surface area (Å²) in [6.45, 7) is 4.08. The van der Waals surface area contributed by atoms with E-state index in [4.69, 9.17) is 5.26 Å². The normalized spacial score (nSPS) is 22.4. The van der Waals surface area contributed by atoms with Crippen LogP contribution in [0.15, 0.2) is 18.2 Å². The van der Waals surface area contributed by atoms with Gasteiger partial charge in [0.05, 0.1) is 4.92 Å². The monoisotopic (exact) mass is 286 g/mol. The van der Waals surface area contributed by atoms with Crippen LogP contribution < -0.4 is 4.90 Å². The maximum absolute atomic E-state index is 10.9. The first kappa shape index (κ1) is 13.8. The van der Waals surface area contributed by atoms with Crippen LogP contribution in [0.5, 0.6) is 0 Å². The van der Waals surface area contributed by atoms with Gasteiger partial charge in [-0.15, -0.1) is 0 Å². The van der Waals surface area contributed by atoms with Crippen LogP contribution in [-0.2, 0) is 0 Å². The molecule has 0 amide bonds. The van der Waals surface area contributed by atoms with Crippen molar-refractivity contribution in [3.05, 3.63) is 33.9 Å². The van der Waals surface area contributed by atoms with Gasteiger partial charge in [-0.3, -0.25) is 15.0 Å². The van der Waals surface area contributed by atoms with Gasteiger partial charge in [0.1, 0.15) is 11.6 Å². The van der Waals surface area contributed by atoms with E-state index in [1.54, 1.807) is 12.1 Å². The van der Waals surface area contributed by atoms with Crippen LogP contribution >= 0.6 is 0 Å². The molecule has 0 radical (unpaired) electrons. The van der Waals surface area contributed by atoms with Crippen LogP contribution in [0.1, 0.15) is 24.8 Å². The molecule has 3 rings (SSSR count). The molecule has 110 valence electrons. The Morgan fingerprint density at radius 2 is 2.14 bits per heavy atom. The summed E-state index contributed by atoms with van der Waals surface area (Å²) in [5.74, 6) is 0. The quantitative estimate of drug-likeness (QED) is 0.615. The molecular weight excluding hydrogens is 268 g/mol. The average molecular weight is 286 g/mol. The number of nitriles is 1. The molecule has 0 saturated carbocycles. The predicted molar refractivity (Wildman–Crippen MR) is 79.2 cm³/mol. The Morgan fingerprint density at radius 3 is 2.90 bits per heavy atom. The predicted octanol–water partition coefficient (Wildman–Crippen LogP) is 2.14. The van der Waals surface area contributed by atoms with E-state index >= 15 is 0 Å². The maximum atomic E-state index is 10.9. The number of nitro benzene ring substituents is 1. The van der Waals surface area contributed by atoms with E-state index in [-0.39, 0.29) is 11.3 Å². The molecular formula is C15H18N4O2. The number of hydrogen-bond acceptors (Lipinski definition) is 5. The smallest absolute Gasteiger partial charge is 0.287 e. The molecule has 1 atom stereocenters. The summed E-state index contributed by atoms with van der Waals surface area (Å²) >= 11 is 0. The minimum absolute atomic E-state index is 0.113. The molecule has 0 N–H and O–H groups in total. The SMILES string of the molecule is N#Cc1cc(N2CCN3CCCCC3C2)ccc1[N+](=O)[O-]. The van der Waals surface area contributed by atoms with Crippen molar-refractivity contribution in [1.82, 2.24) is 4.90 Å². The van der Waals surface area contributed by atoms with Crippen LogP contribution in [-0.4, -0.2) is 42.0 Å². The highest BCUT2D eigenvalue weighted by Gasteiger charge is 2.29. The van der Waals surface area contributed by atoms with Gasteiger partial charge in [0.15, 0.2) is 0 Å². The van der Waals surface area contributed by atoms with E-state index in [1.807, 2.05) is 6.07 Å². The summed E-state index contributed by atoms with van der Waals surface area (Å²) in [4.78, 5) is 15.2. The molecule has 1 unspecified atom stereocenters. The molecule has 6 nitrogen and oxygen atoms in total. The topological polar surface area (TPSA) is 73.4 Å². The molecule has 1 aromatic carbocycles. The van der Waals surface area contributed by atoms with Gasteiger partial charge in [0, 0.05) is 37.4 Å². The highest BCUT2D eigenvalue weighted by molar-refractivity contribution is 5.60. The van der Waals surface area contributed by atoms with Crippen molar-refractivity contribution >= 4 is 11.4 Å². The van der Waals surface area contributed by atoms with Crippen LogP contribution in [0.3, 0.4) is 0 Å². The molecule has 0 aliphatic carbocycles. The van der Waals surface area contributed by atoms with Crippen molar-refractivity contribution in [3.63, 3.8) is 0 Å². The van der Waals surface area contributed by atoms with Crippen molar-refractivity contribution in [2.24, 2.45) is 0 Å². The second kappa shape index (κ2) is 5.70. The van der Waals surface area contributed by atoms with Gasteiger partial charge in [-0.1, -0.05) is 6.42 Å². The lowest BCUT2D eigenvalue weighted by Gasteiger charge is -2.44. The van der Waals surface area contributed by atoms with Crippen LogP contribution in [0.2, 0.25) is 0 Å². The Labute approximate surface area is 123 Å². The van der Waals surface area contributed by atoms with Crippen LogP contribution in [0.25, 0.3) is 0 Å². The number of hydrogen-bond donors (Lipinski definition) is 0. The van der Waals surface area contributed by atoms with Gasteiger partial charge in [0.2, 0.25) is 0 Å². The number of benzene rings is 1. The second-order valence-corrected chi connectivity index (χ2v) is 5.70. The highest BCUT2D eigenvalue weighted by Crippen LogP contribution is 2.28. The molecule has 1 aromatic rings. The Kier molecular flexibility index (Phi) is 3.76. The van der Waals surface area contributed by atoms with Gasteiger partial charge >= 0.3 is 0 Å². The standard InChI is InChI=1S/C15H18N4O2/c16-10-12-9-13(4-5-15(12)19(20)21)18-8-7-17-6-2-1-3-14(17)11-18/h4-5,9,14H,1-3,6-8,11H2. The van der Waals surface area contributed by atoms with Crippen molar-refractivity contribution in [2.75, 3.05) is 31.1 Å². The maximum Gasteiger partial charge on any atom is 0.287 e. The summed E-state index contributed by atoms with van der Waals surface area (Å²) < 4.78 is 0. The first-order chi connectivity index (χ1) is 10.2. The molecule has 2 heterocycles. The molecule has 2 aliphatic rings. The molecule has 2 aliphatic heterocycles. The number of piperazine rings is 1. The highest BCUT2D eigenvalue weighted by atomic mass is 16.6. The Morgan fingerprint density at radius 1 is 1.29 bits per heavy atom. The first-order valence-corrected chi connectivity index (χ1v) is 7.36. The van der Waals surface area contributed by atoms with Crippen molar-refractivity contribution in [3.8, 4) is 6.07 Å². The number of rotatable bonds is 2. The minimum Gasteiger partial charge on any atom is -0.369 e. The molecule has 2 saturated heterocycles. The summed E-state index contributed by atoms with van der Waals surface area (Å²) in [7, 11) is 0. The molecule has 2 fully saturated rings. The molecule has 21 heavy (non-hydrogen) atoms. The van der Waals surface area contributed by atoms with E-state index in [0.717, 1.165) is 25.3 Å². The fraction of sp³-hybridized carbons (Fsp3) is 0.533. The third kappa shape index (κ3) is 2.69. The zero-order valence-corrected chi connectivity index (χ0v) is 11.9. The molecule has 0 bridgehead atoms. The Balaban J connectivity index is 1.81. The number of nitro groups is 1. The Bertz CT molecular complexity index is 596. The van der Waals surface area contributed by atoms with Crippen molar-refractivity contribution in [2.45, 2.75) is 25.3 Å². The van der Waals surface area contributed by atoms with Gasteiger partial charge in [0.25, 0.3) is 5.69 Å².